The predicted molar refractivity (Wildman–Crippen MR) is 152 cm³/mol. The smallest absolute Gasteiger partial charge is 0.357 e. The fraction of sp³-hybridized carbons (Fsp3) is 0.200. The molecule has 2 atom stereocenters. The Hall–Kier alpha value is -2.90. The summed E-state index contributed by atoms with van der Waals surface area (Å²) in [5, 5.41) is 12.0. The van der Waals surface area contributed by atoms with Gasteiger partial charge in [0.1, 0.15) is 10.8 Å². The van der Waals surface area contributed by atoms with E-state index in [1.165, 1.54) is 11.3 Å². The van der Waals surface area contributed by atoms with E-state index in [9.17, 15) is 8.42 Å². The van der Waals surface area contributed by atoms with Gasteiger partial charge in [-0.15, -0.1) is 34.4 Å². The van der Waals surface area contributed by atoms with Gasteiger partial charge in [0.05, 0.1) is 35.5 Å². The van der Waals surface area contributed by atoms with Crippen molar-refractivity contribution in [2.75, 3.05) is 17.1 Å². The van der Waals surface area contributed by atoms with Crippen LogP contribution in [-0.2, 0) is 16.7 Å². The summed E-state index contributed by atoms with van der Waals surface area (Å²) >= 11 is 4.98. The van der Waals surface area contributed by atoms with Crippen molar-refractivity contribution in [3.05, 3.63) is 87.0 Å². The number of rotatable bonds is 10. The maximum Gasteiger partial charge on any atom is 0.357 e. The molecule has 1 aliphatic rings. The molecule has 0 amide bonds. The van der Waals surface area contributed by atoms with Crippen LogP contribution in [0.1, 0.15) is 34.0 Å². The molecular weight excluding hydrogens is 549 g/mol. The van der Waals surface area contributed by atoms with E-state index in [-0.39, 0.29) is 6.04 Å². The predicted octanol–water partition coefficient (Wildman–Crippen LogP) is 6.58. The molecule has 5 rings (SSSR count). The van der Waals surface area contributed by atoms with Gasteiger partial charge in [-0.05, 0) is 48.1 Å². The van der Waals surface area contributed by atoms with E-state index < -0.39 is 10.3 Å². The highest BCUT2D eigenvalue weighted by Crippen LogP contribution is 2.41. The van der Waals surface area contributed by atoms with Gasteiger partial charge in [0, 0.05) is 16.3 Å². The number of allylic oxidation sites excluding steroid dienone is 1. The van der Waals surface area contributed by atoms with Crippen molar-refractivity contribution in [3.63, 3.8) is 0 Å². The molecule has 2 aromatic heterocycles. The second-order valence-corrected chi connectivity index (χ2v) is 12.3. The zero-order chi connectivity index (χ0) is 25.8. The fourth-order valence-corrected chi connectivity index (χ4v) is 7.09. The van der Waals surface area contributed by atoms with Gasteiger partial charge in [0.2, 0.25) is 0 Å². The van der Waals surface area contributed by atoms with Crippen molar-refractivity contribution in [1.29, 1.82) is 0 Å². The molecule has 2 aromatic carbocycles. The van der Waals surface area contributed by atoms with Crippen molar-refractivity contribution < 1.29 is 17.7 Å². The van der Waals surface area contributed by atoms with Crippen LogP contribution in [0.2, 0.25) is 0 Å². The van der Waals surface area contributed by atoms with E-state index in [0.717, 1.165) is 44.8 Å². The number of benzene rings is 2. The summed E-state index contributed by atoms with van der Waals surface area (Å²) in [5.41, 5.74) is 4.04. The molecule has 0 spiro atoms. The van der Waals surface area contributed by atoms with Crippen LogP contribution in [0.25, 0.3) is 11.3 Å². The van der Waals surface area contributed by atoms with Gasteiger partial charge in [-0.2, -0.15) is 8.42 Å². The maximum absolute atomic E-state index is 11.1. The molecule has 0 saturated heterocycles. The lowest BCUT2D eigenvalue weighted by Crippen LogP contribution is -2.15. The molecule has 3 heterocycles. The van der Waals surface area contributed by atoms with Crippen molar-refractivity contribution in [2.45, 2.75) is 24.1 Å². The standard InChI is InChI=1S/C25H24N4O4S4/c1-33-19-5-2-4-17(13-19)21-14-36-25(28-21)27-20(22-15-35-24(26-22)23-6-3-11-34-23)12-16-7-9-18(10-8-16)29-37(30,31)32/h2-5,7-11,13-15,20,23,29H,6,12H2,1H3,(H,27,28)(H,30,31,32)/t20-,23?/m0/s1. The Morgan fingerprint density at radius 2 is 1.97 bits per heavy atom. The maximum atomic E-state index is 11.1. The van der Waals surface area contributed by atoms with E-state index in [4.69, 9.17) is 19.3 Å². The summed E-state index contributed by atoms with van der Waals surface area (Å²) < 4.78 is 38.7. The molecule has 0 aliphatic carbocycles. The van der Waals surface area contributed by atoms with E-state index in [0.29, 0.717) is 17.4 Å². The molecule has 1 unspecified atom stereocenters. The lowest BCUT2D eigenvalue weighted by atomic mass is 10.0. The zero-order valence-corrected chi connectivity index (χ0v) is 23.0. The first-order valence-electron chi connectivity index (χ1n) is 11.3. The molecule has 3 N–H and O–H groups in total. The Morgan fingerprint density at radius 3 is 2.70 bits per heavy atom. The van der Waals surface area contributed by atoms with Crippen LogP contribution in [0, 0.1) is 0 Å². The van der Waals surface area contributed by atoms with Gasteiger partial charge < -0.3 is 10.1 Å². The van der Waals surface area contributed by atoms with Crippen molar-refractivity contribution in [1.82, 2.24) is 9.97 Å². The molecule has 12 heteroatoms. The van der Waals surface area contributed by atoms with E-state index in [1.54, 1.807) is 42.3 Å². The summed E-state index contributed by atoms with van der Waals surface area (Å²) in [4.78, 5) is 9.78. The molecule has 0 radical (unpaired) electrons. The highest BCUT2D eigenvalue weighted by atomic mass is 32.2. The number of hydrogen-bond acceptors (Lipinski definition) is 9. The average Bonchev–Trinajstić information content (AvgIpc) is 3.65. The van der Waals surface area contributed by atoms with E-state index in [2.05, 4.69) is 26.9 Å². The minimum Gasteiger partial charge on any atom is -0.497 e. The first kappa shape index (κ1) is 25.7. The molecule has 0 bridgehead atoms. The van der Waals surface area contributed by atoms with Gasteiger partial charge in [-0.25, -0.2) is 9.97 Å². The topological polar surface area (TPSA) is 113 Å². The molecule has 37 heavy (non-hydrogen) atoms. The first-order valence-corrected chi connectivity index (χ1v) is 15.5. The highest BCUT2D eigenvalue weighted by Gasteiger charge is 2.22. The number of nitrogens with one attached hydrogen (secondary N) is 2. The summed E-state index contributed by atoms with van der Waals surface area (Å²) in [5.74, 6) is 0.777. The summed E-state index contributed by atoms with van der Waals surface area (Å²) in [6, 6.07) is 14.6. The largest absolute Gasteiger partial charge is 0.497 e. The third kappa shape index (κ3) is 6.70. The number of aromatic nitrogens is 2. The second-order valence-electron chi connectivity index (χ2n) is 8.29. The van der Waals surface area contributed by atoms with Crippen LogP contribution in [0.5, 0.6) is 5.75 Å². The van der Waals surface area contributed by atoms with Crippen LogP contribution >= 0.6 is 34.4 Å². The number of thiazole rings is 2. The Labute approximate surface area is 227 Å². The molecule has 4 aromatic rings. The van der Waals surface area contributed by atoms with E-state index in [1.807, 2.05) is 41.8 Å². The van der Waals surface area contributed by atoms with Crippen LogP contribution in [0.3, 0.4) is 0 Å². The normalized spacial score (nSPS) is 16.0. The van der Waals surface area contributed by atoms with Crippen molar-refractivity contribution >= 4 is 55.6 Å². The number of hydrogen-bond donors (Lipinski definition) is 3. The molecule has 192 valence electrons. The Morgan fingerprint density at radius 1 is 1.14 bits per heavy atom. The fourth-order valence-electron chi connectivity index (χ4n) is 3.88. The number of thioether (sulfide) groups is 1. The van der Waals surface area contributed by atoms with Gasteiger partial charge in [-0.3, -0.25) is 9.27 Å². The minimum absolute atomic E-state index is 0.144. The molecule has 0 saturated carbocycles. The van der Waals surface area contributed by atoms with Crippen molar-refractivity contribution in [2.24, 2.45) is 0 Å². The number of methoxy groups -OCH3 is 1. The number of nitrogens with zero attached hydrogens (tertiary/aromatic N) is 2. The summed E-state index contributed by atoms with van der Waals surface area (Å²) in [6.45, 7) is 0. The Bertz CT molecular complexity index is 1490. The molecule has 1 aliphatic heterocycles. The minimum atomic E-state index is -4.32. The second kappa shape index (κ2) is 11.2. The van der Waals surface area contributed by atoms with Crippen LogP contribution < -0.4 is 14.8 Å². The van der Waals surface area contributed by atoms with Crippen LogP contribution in [0.15, 0.2) is 70.8 Å². The summed E-state index contributed by atoms with van der Waals surface area (Å²) in [6.07, 6.45) is 3.76. The zero-order valence-electron chi connectivity index (χ0n) is 19.7. The Balaban J connectivity index is 1.38. The lowest BCUT2D eigenvalue weighted by molar-refractivity contribution is 0.415. The van der Waals surface area contributed by atoms with Crippen LogP contribution in [0.4, 0.5) is 10.8 Å². The first-order chi connectivity index (χ1) is 17.9. The number of anilines is 2. The highest BCUT2D eigenvalue weighted by molar-refractivity contribution is 8.02. The third-order valence-corrected chi connectivity index (χ3v) is 9.16. The van der Waals surface area contributed by atoms with Gasteiger partial charge in [-0.1, -0.05) is 30.3 Å². The lowest BCUT2D eigenvalue weighted by Gasteiger charge is -2.17. The van der Waals surface area contributed by atoms with Crippen molar-refractivity contribution in [3.8, 4) is 17.0 Å². The third-order valence-electron chi connectivity index (χ3n) is 5.67. The van der Waals surface area contributed by atoms with E-state index >= 15 is 0 Å². The molecule has 8 nitrogen and oxygen atoms in total. The SMILES string of the molecule is COc1cccc(-c2csc(N[C@@H](Cc3ccc(NS(=O)(=O)O)cc3)c3csc(C4CC=CS4)n3)n2)c1. The monoisotopic (exact) mass is 572 g/mol. The quantitative estimate of drug-likeness (QED) is 0.183. The average molecular weight is 573 g/mol. The Kier molecular flexibility index (Phi) is 7.81. The molecule has 0 fully saturated rings. The van der Waals surface area contributed by atoms with Crippen LogP contribution in [-0.4, -0.2) is 30.0 Å². The van der Waals surface area contributed by atoms with Gasteiger partial charge in [0.25, 0.3) is 0 Å². The van der Waals surface area contributed by atoms with Gasteiger partial charge in [0.15, 0.2) is 5.13 Å². The number of ether oxygens (including phenoxy) is 1. The van der Waals surface area contributed by atoms with Gasteiger partial charge >= 0.3 is 10.3 Å². The summed E-state index contributed by atoms with van der Waals surface area (Å²) in [7, 11) is -2.68. The molecular formula is C25H24N4O4S4.